The Labute approximate surface area is 151 Å². The van der Waals surface area contributed by atoms with E-state index in [1.165, 1.54) is 6.26 Å². The zero-order valence-electron chi connectivity index (χ0n) is 14.6. The molecule has 2 heterocycles. The summed E-state index contributed by atoms with van der Waals surface area (Å²) in [4.78, 5) is 26.6. The number of carbonyl (C=O) groups is 2. The van der Waals surface area contributed by atoms with Gasteiger partial charge in [0.05, 0.1) is 26.1 Å². The fourth-order valence-corrected chi connectivity index (χ4v) is 2.94. The number of rotatable bonds is 7. The third-order valence-corrected chi connectivity index (χ3v) is 4.30. The fourth-order valence-electron chi connectivity index (χ4n) is 2.94. The third kappa shape index (κ3) is 4.60. The molecule has 1 saturated heterocycles. The number of carbonyl (C=O) groups excluding carboxylic acids is 2. The minimum Gasteiger partial charge on any atom is -0.497 e. The first kappa shape index (κ1) is 17.9. The highest BCUT2D eigenvalue weighted by Crippen LogP contribution is 2.18. The van der Waals surface area contributed by atoms with Gasteiger partial charge in [-0.3, -0.25) is 14.5 Å². The lowest BCUT2D eigenvalue weighted by Gasteiger charge is -2.34. The molecule has 0 radical (unpaired) electrons. The van der Waals surface area contributed by atoms with Crippen molar-refractivity contribution in [3.05, 3.63) is 47.9 Å². The van der Waals surface area contributed by atoms with Gasteiger partial charge in [0, 0.05) is 25.7 Å². The molecular formula is C18H22N4O4. The summed E-state index contributed by atoms with van der Waals surface area (Å²) in [5.41, 5.74) is 1.67. The van der Waals surface area contributed by atoms with Crippen LogP contribution in [0.3, 0.4) is 0 Å². The van der Waals surface area contributed by atoms with Gasteiger partial charge in [-0.2, -0.15) is 0 Å². The van der Waals surface area contributed by atoms with Crippen molar-refractivity contribution in [2.45, 2.75) is 25.6 Å². The molecule has 26 heavy (non-hydrogen) atoms. The maximum Gasteiger partial charge on any atom is 0.237 e. The maximum absolute atomic E-state index is 12.3. The summed E-state index contributed by atoms with van der Waals surface area (Å²) in [6.45, 7) is 2.11. The summed E-state index contributed by atoms with van der Waals surface area (Å²) < 4.78 is 9.98. The van der Waals surface area contributed by atoms with Gasteiger partial charge in [0.2, 0.25) is 11.8 Å². The average Bonchev–Trinajstić information content (AvgIpc) is 3.17. The Morgan fingerprint density at radius 1 is 1.46 bits per heavy atom. The van der Waals surface area contributed by atoms with Crippen molar-refractivity contribution in [2.75, 3.05) is 20.2 Å². The molecule has 8 heteroatoms. The Kier molecular flexibility index (Phi) is 5.85. The predicted molar refractivity (Wildman–Crippen MR) is 93.2 cm³/mol. The summed E-state index contributed by atoms with van der Waals surface area (Å²) in [6, 6.07) is 8.89. The van der Waals surface area contributed by atoms with Gasteiger partial charge in [-0.15, -0.1) is 0 Å². The smallest absolute Gasteiger partial charge is 0.237 e. The second-order valence-electron chi connectivity index (χ2n) is 6.10. The Morgan fingerprint density at radius 2 is 2.35 bits per heavy atom. The molecule has 2 aromatic rings. The van der Waals surface area contributed by atoms with Crippen LogP contribution in [-0.2, 0) is 22.7 Å². The van der Waals surface area contributed by atoms with Crippen molar-refractivity contribution in [2.24, 2.45) is 0 Å². The van der Waals surface area contributed by atoms with Crippen molar-refractivity contribution in [3.8, 4) is 5.75 Å². The summed E-state index contributed by atoms with van der Waals surface area (Å²) >= 11 is 0. The SMILES string of the molecule is COc1cccc(CN2CCNC(=O)[C@@H]2CC(=O)NCc2ccon2)c1. The number of aromatic nitrogens is 1. The molecule has 2 N–H and O–H groups in total. The van der Waals surface area contributed by atoms with Crippen LogP contribution in [-0.4, -0.2) is 48.1 Å². The first-order chi connectivity index (χ1) is 12.7. The van der Waals surface area contributed by atoms with Crippen LogP contribution >= 0.6 is 0 Å². The molecule has 2 amide bonds. The van der Waals surface area contributed by atoms with Gasteiger partial charge < -0.3 is 19.9 Å². The predicted octanol–water partition coefficient (Wildman–Crippen LogP) is 0.690. The molecule has 0 saturated carbocycles. The second kappa shape index (κ2) is 8.48. The van der Waals surface area contributed by atoms with Gasteiger partial charge in [0.15, 0.2) is 0 Å². The number of hydrogen-bond acceptors (Lipinski definition) is 6. The first-order valence-corrected chi connectivity index (χ1v) is 8.46. The van der Waals surface area contributed by atoms with Crippen LogP contribution in [0.4, 0.5) is 0 Å². The minimum absolute atomic E-state index is 0.0909. The van der Waals surface area contributed by atoms with E-state index in [1.807, 2.05) is 29.2 Å². The number of nitrogens with one attached hydrogen (secondary N) is 2. The van der Waals surface area contributed by atoms with Crippen LogP contribution < -0.4 is 15.4 Å². The van der Waals surface area contributed by atoms with Crippen LogP contribution in [0.15, 0.2) is 41.1 Å². The summed E-state index contributed by atoms with van der Waals surface area (Å²) in [7, 11) is 1.62. The van der Waals surface area contributed by atoms with Crippen molar-refractivity contribution in [3.63, 3.8) is 0 Å². The van der Waals surface area contributed by atoms with Gasteiger partial charge in [0.25, 0.3) is 0 Å². The molecule has 138 valence electrons. The van der Waals surface area contributed by atoms with E-state index in [9.17, 15) is 9.59 Å². The molecule has 1 atom stereocenters. The monoisotopic (exact) mass is 358 g/mol. The van der Waals surface area contributed by atoms with E-state index in [4.69, 9.17) is 9.26 Å². The molecule has 0 spiro atoms. The lowest BCUT2D eigenvalue weighted by atomic mass is 10.1. The molecule has 1 aliphatic heterocycles. The lowest BCUT2D eigenvalue weighted by molar-refractivity contribution is -0.134. The molecule has 0 aliphatic carbocycles. The first-order valence-electron chi connectivity index (χ1n) is 8.46. The van der Waals surface area contributed by atoms with Crippen molar-refractivity contribution in [1.29, 1.82) is 0 Å². The highest BCUT2D eigenvalue weighted by atomic mass is 16.5. The zero-order chi connectivity index (χ0) is 18.4. The van der Waals surface area contributed by atoms with E-state index < -0.39 is 6.04 Å². The molecular weight excluding hydrogens is 336 g/mol. The maximum atomic E-state index is 12.3. The zero-order valence-corrected chi connectivity index (χ0v) is 14.6. The van der Waals surface area contributed by atoms with E-state index in [0.29, 0.717) is 25.3 Å². The van der Waals surface area contributed by atoms with Crippen LogP contribution in [0.1, 0.15) is 17.7 Å². The Hall–Kier alpha value is -2.87. The minimum atomic E-state index is -0.507. The summed E-state index contributed by atoms with van der Waals surface area (Å²) in [6.07, 6.45) is 1.54. The van der Waals surface area contributed by atoms with Crippen LogP contribution in [0, 0.1) is 0 Å². The van der Waals surface area contributed by atoms with Crippen molar-refractivity contribution < 1.29 is 18.8 Å². The van der Waals surface area contributed by atoms with Gasteiger partial charge >= 0.3 is 0 Å². The number of benzene rings is 1. The second-order valence-corrected chi connectivity index (χ2v) is 6.10. The number of nitrogens with zero attached hydrogens (tertiary/aromatic N) is 2. The third-order valence-electron chi connectivity index (χ3n) is 4.30. The quantitative estimate of drug-likeness (QED) is 0.756. The molecule has 1 aliphatic rings. The Balaban J connectivity index is 1.61. The molecule has 0 bridgehead atoms. The number of methoxy groups -OCH3 is 1. The van der Waals surface area contributed by atoms with Gasteiger partial charge in [-0.05, 0) is 17.7 Å². The largest absolute Gasteiger partial charge is 0.497 e. The highest BCUT2D eigenvalue weighted by molar-refractivity contribution is 5.88. The van der Waals surface area contributed by atoms with Gasteiger partial charge in [-0.25, -0.2) is 0 Å². The van der Waals surface area contributed by atoms with Crippen molar-refractivity contribution >= 4 is 11.8 Å². The van der Waals surface area contributed by atoms with Crippen LogP contribution in [0.2, 0.25) is 0 Å². The van der Waals surface area contributed by atoms with E-state index in [-0.39, 0.29) is 24.8 Å². The Bertz CT molecular complexity index is 747. The fraction of sp³-hybridized carbons (Fsp3) is 0.389. The topological polar surface area (TPSA) is 96.7 Å². The molecule has 8 nitrogen and oxygen atoms in total. The van der Waals surface area contributed by atoms with Crippen LogP contribution in [0.25, 0.3) is 0 Å². The van der Waals surface area contributed by atoms with Gasteiger partial charge in [0.1, 0.15) is 17.7 Å². The molecule has 0 unspecified atom stereocenters. The van der Waals surface area contributed by atoms with Gasteiger partial charge in [-0.1, -0.05) is 17.3 Å². The number of ether oxygens (including phenoxy) is 1. The average molecular weight is 358 g/mol. The number of hydrogen-bond donors (Lipinski definition) is 2. The van der Waals surface area contributed by atoms with E-state index in [2.05, 4.69) is 15.8 Å². The highest BCUT2D eigenvalue weighted by Gasteiger charge is 2.31. The van der Waals surface area contributed by atoms with Crippen LogP contribution in [0.5, 0.6) is 5.75 Å². The number of piperazine rings is 1. The molecule has 1 aromatic heterocycles. The van der Waals surface area contributed by atoms with Crippen molar-refractivity contribution in [1.82, 2.24) is 20.7 Å². The normalized spacial score (nSPS) is 17.6. The number of amides is 2. The summed E-state index contributed by atoms with van der Waals surface area (Å²) in [5, 5.41) is 9.35. The Morgan fingerprint density at radius 3 is 3.12 bits per heavy atom. The molecule has 3 rings (SSSR count). The molecule has 1 fully saturated rings. The van der Waals surface area contributed by atoms with E-state index >= 15 is 0 Å². The lowest BCUT2D eigenvalue weighted by Crippen LogP contribution is -2.56. The molecule has 1 aromatic carbocycles. The van der Waals surface area contributed by atoms with E-state index in [0.717, 1.165) is 11.3 Å². The standard InChI is InChI=1S/C18H22N4O4/c1-25-15-4-2-3-13(9-15)12-22-7-6-19-18(24)16(22)10-17(23)20-11-14-5-8-26-21-14/h2-5,8-9,16H,6-7,10-12H2,1H3,(H,19,24)(H,20,23)/t16-/m0/s1. The van der Waals surface area contributed by atoms with E-state index in [1.54, 1.807) is 13.2 Å². The summed E-state index contributed by atoms with van der Waals surface area (Å²) in [5.74, 6) is 0.437.